The first-order chi connectivity index (χ1) is 19.2. The summed E-state index contributed by atoms with van der Waals surface area (Å²) in [5.41, 5.74) is 9.72. The molecule has 0 unspecified atom stereocenters. The van der Waals surface area contributed by atoms with Crippen LogP contribution in [0, 0.1) is 0 Å². The number of anilines is 3. The van der Waals surface area contributed by atoms with Gasteiger partial charge in [-0.1, -0.05) is 12.1 Å². The van der Waals surface area contributed by atoms with Gasteiger partial charge in [-0.3, -0.25) is 10.2 Å². The van der Waals surface area contributed by atoms with Crippen molar-refractivity contribution in [1.82, 2.24) is 24.5 Å². The number of hydrogen-bond acceptors (Lipinski definition) is 8. The minimum atomic E-state index is -4.56. The van der Waals surface area contributed by atoms with Gasteiger partial charge in [0.25, 0.3) is 0 Å². The Balaban J connectivity index is 1.42. The van der Waals surface area contributed by atoms with E-state index < -0.39 is 17.8 Å². The molecule has 210 valence electrons. The average Bonchev–Trinajstić information content (AvgIpc) is 3.23. The first-order valence-corrected chi connectivity index (χ1v) is 12.5. The van der Waals surface area contributed by atoms with E-state index in [4.69, 9.17) is 10.5 Å². The maximum atomic E-state index is 13.0. The molecule has 5 rings (SSSR count). The molecule has 4 aromatic rings. The van der Waals surface area contributed by atoms with E-state index in [1.807, 2.05) is 0 Å². The third kappa shape index (κ3) is 5.83. The van der Waals surface area contributed by atoms with Crippen LogP contribution in [0.15, 0.2) is 48.9 Å². The molecule has 0 aliphatic carbocycles. The van der Waals surface area contributed by atoms with Crippen LogP contribution in [0.1, 0.15) is 16.8 Å². The van der Waals surface area contributed by atoms with Crippen LogP contribution in [0.3, 0.4) is 0 Å². The Morgan fingerprint density at radius 1 is 1.10 bits per heavy atom. The van der Waals surface area contributed by atoms with Gasteiger partial charge in [0.1, 0.15) is 17.7 Å². The van der Waals surface area contributed by atoms with Gasteiger partial charge in [-0.25, -0.2) is 19.3 Å². The SMILES string of the molecule is Nc1ncnn2c(CN3CCOCC3)c(CCO)c(-c3ccc(NC(=O)Nc4cc(C(F)(F)F)ccn4)cc3)c12. The van der Waals surface area contributed by atoms with Gasteiger partial charge in [0.05, 0.1) is 24.5 Å². The van der Waals surface area contributed by atoms with Gasteiger partial charge in [-0.2, -0.15) is 18.3 Å². The van der Waals surface area contributed by atoms with E-state index in [1.165, 1.54) is 6.33 Å². The maximum Gasteiger partial charge on any atom is 0.416 e. The molecule has 5 N–H and O–H groups in total. The van der Waals surface area contributed by atoms with Crippen LogP contribution in [-0.2, 0) is 23.9 Å². The van der Waals surface area contributed by atoms with E-state index in [1.54, 1.807) is 28.8 Å². The third-order valence-corrected chi connectivity index (χ3v) is 6.56. The molecule has 0 radical (unpaired) electrons. The molecule has 0 spiro atoms. The van der Waals surface area contributed by atoms with Crippen molar-refractivity contribution in [2.45, 2.75) is 19.1 Å². The number of hydrogen-bond donors (Lipinski definition) is 4. The molecule has 4 heterocycles. The number of amides is 2. The number of benzene rings is 1. The maximum absolute atomic E-state index is 13.0. The molecule has 1 aliphatic heterocycles. The fourth-order valence-corrected chi connectivity index (χ4v) is 4.72. The summed E-state index contributed by atoms with van der Waals surface area (Å²) in [7, 11) is 0. The first-order valence-electron chi connectivity index (χ1n) is 12.5. The van der Waals surface area contributed by atoms with Gasteiger partial charge in [-0.05, 0) is 41.8 Å². The van der Waals surface area contributed by atoms with Gasteiger partial charge >= 0.3 is 12.2 Å². The van der Waals surface area contributed by atoms with Crippen molar-refractivity contribution >= 4 is 28.9 Å². The highest BCUT2D eigenvalue weighted by Gasteiger charge is 2.31. The van der Waals surface area contributed by atoms with Crippen LogP contribution >= 0.6 is 0 Å². The molecule has 1 saturated heterocycles. The largest absolute Gasteiger partial charge is 0.416 e. The van der Waals surface area contributed by atoms with Crippen molar-refractivity contribution in [3.8, 4) is 11.1 Å². The van der Waals surface area contributed by atoms with Gasteiger partial charge in [-0.15, -0.1) is 0 Å². The number of halogens is 3. The van der Waals surface area contributed by atoms with E-state index in [0.717, 1.165) is 53.8 Å². The summed E-state index contributed by atoms with van der Waals surface area (Å²) >= 11 is 0. The first kappa shape index (κ1) is 27.3. The van der Waals surface area contributed by atoms with Gasteiger partial charge in [0.15, 0.2) is 5.82 Å². The lowest BCUT2D eigenvalue weighted by molar-refractivity contribution is -0.137. The Labute approximate surface area is 226 Å². The van der Waals surface area contributed by atoms with E-state index in [0.29, 0.717) is 37.4 Å². The van der Waals surface area contributed by atoms with E-state index in [2.05, 4.69) is 30.6 Å². The van der Waals surface area contributed by atoms with Crippen LogP contribution in [-0.4, -0.2) is 68.5 Å². The molecule has 0 saturated carbocycles. The standard InChI is InChI=1S/C26H27F3N8O3/c27-26(28,29)17-5-7-31-21(13-17)35-25(39)34-18-3-1-16(2-4-18)22-19(6-10-38)20(14-36-8-11-40-12-9-36)37-23(22)24(30)32-15-33-37/h1-5,7,13,15,38H,6,8-12,14H2,(H2,30,32,33)(H2,31,34,35,39). The molecule has 1 fully saturated rings. The van der Waals surface area contributed by atoms with Crippen molar-refractivity contribution in [3.05, 3.63) is 65.7 Å². The van der Waals surface area contributed by atoms with Crippen LogP contribution in [0.25, 0.3) is 16.6 Å². The molecule has 11 nitrogen and oxygen atoms in total. The van der Waals surface area contributed by atoms with Crippen molar-refractivity contribution in [3.63, 3.8) is 0 Å². The van der Waals surface area contributed by atoms with E-state index >= 15 is 0 Å². The summed E-state index contributed by atoms with van der Waals surface area (Å²) in [6.07, 6.45) is -1.82. The van der Waals surface area contributed by atoms with Crippen LogP contribution in [0.2, 0.25) is 0 Å². The Morgan fingerprint density at radius 2 is 1.85 bits per heavy atom. The van der Waals surface area contributed by atoms with Gasteiger partial charge in [0, 0.05) is 43.7 Å². The summed E-state index contributed by atoms with van der Waals surface area (Å²) in [6, 6.07) is 7.69. The predicted octanol–water partition coefficient (Wildman–Crippen LogP) is 3.40. The monoisotopic (exact) mass is 556 g/mol. The summed E-state index contributed by atoms with van der Waals surface area (Å²) in [4.78, 5) is 22.6. The molecule has 1 aromatic carbocycles. The van der Waals surface area contributed by atoms with Gasteiger partial charge in [0.2, 0.25) is 0 Å². The van der Waals surface area contributed by atoms with Crippen molar-refractivity contribution < 1.29 is 27.8 Å². The molecule has 3 aromatic heterocycles. The van der Waals surface area contributed by atoms with Crippen molar-refractivity contribution in [2.75, 3.05) is 49.3 Å². The average molecular weight is 557 g/mol. The number of rotatable bonds is 7. The second-order valence-electron chi connectivity index (χ2n) is 9.15. The number of pyridine rings is 1. The van der Waals surface area contributed by atoms with Crippen molar-refractivity contribution in [2.24, 2.45) is 0 Å². The normalized spacial score (nSPS) is 14.4. The number of urea groups is 1. The van der Waals surface area contributed by atoms with Crippen LogP contribution in [0.4, 0.5) is 35.3 Å². The quantitative estimate of drug-likeness (QED) is 0.271. The molecular weight excluding hydrogens is 529 g/mol. The number of nitrogen functional groups attached to an aromatic ring is 1. The number of nitrogens with zero attached hydrogens (tertiary/aromatic N) is 5. The Morgan fingerprint density at radius 3 is 2.55 bits per heavy atom. The summed E-state index contributed by atoms with van der Waals surface area (Å²) in [5.74, 6) is 0.0497. The lowest BCUT2D eigenvalue weighted by Gasteiger charge is -2.26. The number of fused-ring (bicyclic) bond motifs is 1. The molecule has 0 bridgehead atoms. The molecular formula is C26H27F3N8O3. The number of carbonyl (C=O) groups is 1. The zero-order valence-corrected chi connectivity index (χ0v) is 21.3. The zero-order valence-electron chi connectivity index (χ0n) is 21.3. The second kappa shape index (κ2) is 11.5. The number of nitrogens with two attached hydrogens (primary N) is 1. The minimum absolute atomic E-state index is 0.0866. The number of carbonyl (C=O) groups excluding carboxylic acids is 1. The lowest BCUT2D eigenvalue weighted by Crippen LogP contribution is -2.36. The number of morpholine rings is 1. The summed E-state index contributed by atoms with van der Waals surface area (Å²) < 4.78 is 46.1. The number of ether oxygens (including phenoxy) is 1. The smallest absolute Gasteiger partial charge is 0.396 e. The number of aromatic nitrogens is 4. The lowest BCUT2D eigenvalue weighted by atomic mass is 9.98. The number of nitrogens with one attached hydrogen (secondary N) is 2. The number of aliphatic hydroxyl groups is 1. The van der Waals surface area contributed by atoms with E-state index in [-0.39, 0.29) is 18.2 Å². The molecule has 0 atom stereocenters. The predicted molar refractivity (Wildman–Crippen MR) is 142 cm³/mol. The minimum Gasteiger partial charge on any atom is -0.396 e. The second-order valence-corrected chi connectivity index (χ2v) is 9.15. The fourth-order valence-electron chi connectivity index (χ4n) is 4.72. The zero-order chi connectivity index (χ0) is 28.3. The molecule has 40 heavy (non-hydrogen) atoms. The Bertz CT molecular complexity index is 1500. The third-order valence-electron chi connectivity index (χ3n) is 6.56. The number of aliphatic hydroxyl groups excluding tert-OH is 1. The fraction of sp³-hybridized carbons (Fsp3) is 0.308. The van der Waals surface area contributed by atoms with Crippen molar-refractivity contribution in [1.29, 1.82) is 0 Å². The highest BCUT2D eigenvalue weighted by Crippen LogP contribution is 2.37. The highest BCUT2D eigenvalue weighted by molar-refractivity contribution is 5.99. The number of alkyl halides is 3. The summed E-state index contributed by atoms with van der Waals surface area (Å²) in [5, 5.41) is 19.3. The topological polar surface area (TPSA) is 143 Å². The highest BCUT2D eigenvalue weighted by atomic mass is 19.4. The van der Waals surface area contributed by atoms with Crippen LogP contribution < -0.4 is 16.4 Å². The Kier molecular flexibility index (Phi) is 7.82. The Hall–Kier alpha value is -4.27. The van der Waals surface area contributed by atoms with E-state index in [9.17, 15) is 23.1 Å². The van der Waals surface area contributed by atoms with Crippen LogP contribution in [0.5, 0.6) is 0 Å². The van der Waals surface area contributed by atoms with Gasteiger partial charge < -0.3 is 20.9 Å². The molecule has 2 amide bonds. The molecule has 14 heteroatoms. The summed E-state index contributed by atoms with van der Waals surface area (Å²) in [6.45, 7) is 3.29. The molecule has 1 aliphatic rings.